The highest BCUT2D eigenvalue weighted by molar-refractivity contribution is 5.93. The summed E-state index contributed by atoms with van der Waals surface area (Å²) in [4.78, 5) is 11.9. The molecule has 0 aliphatic rings. The van der Waals surface area contributed by atoms with Crippen LogP contribution >= 0.6 is 0 Å². The number of nitrogens with zero attached hydrogens (tertiary/aromatic N) is 1. The minimum atomic E-state index is -0.393. The monoisotopic (exact) mass is 327 g/mol. The number of carbonyl (C=O) groups is 1. The van der Waals surface area contributed by atoms with Crippen LogP contribution in [-0.4, -0.2) is 18.1 Å². The summed E-state index contributed by atoms with van der Waals surface area (Å²) in [7, 11) is 1.48. The van der Waals surface area contributed by atoms with E-state index in [1.165, 1.54) is 19.2 Å². The Hall–Kier alpha value is -2.66. The van der Waals surface area contributed by atoms with Gasteiger partial charge in [-0.25, -0.2) is 15.0 Å². The molecule has 2 aromatic carbocycles. The Morgan fingerprint density at radius 1 is 1.29 bits per heavy atom. The van der Waals surface area contributed by atoms with E-state index in [2.05, 4.69) is 12.2 Å². The average molecular weight is 327 g/mol. The molecule has 0 radical (unpaired) electrons. The number of benzene rings is 2. The van der Waals surface area contributed by atoms with Crippen molar-refractivity contribution in [1.29, 1.82) is 0 Å². The number of hydrogen-bond donors (Lipinski definition) is 2. The topological polar surface area (TPSA) is 58.4 Å². The van der Waals surface area contributed by atoms with E-state index in [9.17, 15) is 9.18 Å². The smallest absolute Gasteiger partial charge is 0.306 e. The maximum Gasteiger partial charge on any atom is 0.335 e. The van der Waals surface area contributed by atoms with Crippen molar-refractivity contribution >= 4 is 23.9 Å². The van der Waals surface area contributed by atoms with E-state index in [1.807, 2.05) is 37.3 Å². The lowest BCUT2D eigenvalue weighted by Gasteiger charge is -2.15. The predicted molar refractivity (Wildman–Crippen MR) is 96.9 cm³/mol. The summed E-state index contributed by atoms with van der Waals surface area (Å²) in [6.07, 6.45) is 4.68. The summed E-state index contributed by atoms with van der Waals surface area (Å²) in [6.45, 7) is 3.91. The lowest BCUT2D eigenvalue weighted by atomic mass is 10.0. The Balaban J connectivity index is 2.40. The number of anilines is 1. The number of hydrazine groups is 1. The van der Waals surface area contributed by atoms with Gasteiger partial charge in [-0.2, -0.15) is 0 Å². The van der Waals surface area contributed by atoms with Crippen LogP contribution in [0.2, 0.25) is 0 Å². The molecule has 0 heterocycles. The molecule has 0 saturated heterocycles. The molecule has 0 atom stereocenters. The minimum Gasteiger partial charge on any atom is -0.306 e. The van der Waals surface area contributed by atoms with Gasteiger partial charge in [0.2, 0.25) is 0 Å². The van der Waals surface area contributed by atoms with E-state index in [4.69, 9.17) is 5.84 Å². The summed E-state index contributed by atoms with van der Waals surface area (Å²) in [6, 6.07) is 10.0. The number of aryl methyl sites for hydroxylation is 2. The molecule has 126 valence electrons. The quantitative estimate of drug-likeness (QED) is 0.382. The Bertz CT molecular complexity index is 769. The van der Waals surface area contributed by atoms with Crippen molar-refractivity contribution in [3.8, 4) is 0 Å². The molecule has 2 aromatic rings. The SMILES string of the molecule is CCc1cccc(NC(=O)N(C)N)c1/C=C/c1ccc(F)cc1C. The standard InChI is InChI=1S/C19H22FN3O/c1-4-14-6-5-7-18(22-19(24)23(3)21)17(14)11-9-15-8-10-16(20)12-13(15)2/h5-12H,4,21H2,1-3H3,(H,22,24)/b11-9+. The Kier molecular flexibility index (Phi) is 5.71. The molecule has 2 amide bonds. The second kappa shape index (κ2) is 7.75. The van der Waals surface area contributed by atoms with Crippen LogP contribution in [0.25, 0.3) is 12.2 Å². The van der Waals surface area contributed by atoms with Crippen molar-refractivity contribution in [3.63, 3.8) is 0 Å². The maximum absolute atomic E-state index is 13.2. The van der Waals surface area contributed by atoms with Crippen LogP contribution in [0.3, 0.4) is 0 Å². The van der Waals surface area contributed by atoms with E-state index in [1.54, 1.807) is 6.07 Å². The number of nitrogens with one attached hydrogen (secondary N) is 1. The van der Waals surface area contributed by atoms with Gasteiger partial charge in [0, 0.05) is 18.3 Å². The Morgan fingerprint density at radius 3 is 2.67 bits per heavy atom. The third-order valence-electron chi connectivity index (χ3n) is 3.80. The zero-order chi connectivity index (χ0) is 17.7. The molecule has 4 nitrogen and oxygen atoms in total. The van der Waals surface area contributed by atoms with Crippen molar-refractivity contribution in [2.24, 2.45) is 5.84 Å². The van der Waals surface area contributed by atoms with E-state index in [0.29, 0.717) is 5.69 Å². The van der Waals surface area contributed by atoms with Crippen LogP contribution in [0, 0.1) is 12.7 Å². The number of rotatable bonds is 4. The molecule has 0 aliphatic heterocycles. The zero-order valence-electron chi connectivity index (χ0n) is 14.1. The number of nitrogens with two attached hydrogens (primary N) is 1. The van der Waals surface area contributed by atoms with Gasteiger partial charge in [0.05, 0.1) is 0 Å². The number of amides is 2. The first kappa shape index (κ1) is 17.7. The molecule has 2 rings (SSSR count). The van der Waals surface area contributed by atoms with E-state index in [0.717, 1.165) is 33.7 Å². The molecule has 0 saturated carbocycles. The second-order valence-electron chi connectivity index (χ2n) is 5.61. The summed E-state index contributed by atoms with van der Waals surface area (Å²) in [5.74, 6) is 5.22. The Labute approximate surface area is 141 Å². The fourth-order valence-electron chi connectivity index (χ4n) is 2.43. The van der Waals surface area contributed by atoms with Crippen LogP contribution in [0.15, 0.2) is 36.4 Å². The maximum atomic E-state index is 13.2. The van der Waals surface area contributed by atoms with Gasteiger partial charge in [-0.15, -0.1) is 0 Å². The van der Waals surface area contributed by atoms with Crippen molar-refractivity contribution in [2.75, 3.05) is 12.4 Å². The molecule has 5 heteroatoms. The van der Waals surface area contributed by atoms with E-state index in [-0.39, 0.29) is 5.82 Å². The Morgan fingerprint density at radius 2 is 2.04 bits per heavy atom. The lowest BCUT2D eigenvalue weighted by Crippen LogP contribution is -2.37. The minimum absolute atomic E-state index is 0.252. The molecular weight excluding hydrogens is 305 g/mol. The number of carbonyl (C=O) groups excluding carboxylic acids is 1. The largest absolute Gasteiger partial charge is 0.335 e. The van der Waals surface area contributed by atoms with Gasteiger partial charge in [-0.3, -0.25) is 5.01 Å². The van der Waals surface area contributed by atoms with Gasteiger partial charge in [0.1, 0.15) is 5.82 Å². The number of hydrogen-bond acceptors (Lipinski definition) is 2. The molecule has 3 N–H and O–H groups in total. The average Bonchev–Trinajstić information content (AvgIpc) is 2.54. The number of urea groups is 1. The fourth-order valence-corrected chi connectivity index (χ4v) is 2.43. The molecular formula is C19H22FN3O. The van der Waals surface area contributed by atoms with Crippen molar-refractivity contribution < 1.29 is 9.18 Å². The first-order chi connectivity index (χ1) is 11.4. The summed E-state index contributed by atoms with van der Waals surface area (Å²) in [5.41, 5.74) is 4.48. The summed E-state index contributed by atoms with van der Waals surface area (Å²) < 4.78 is 13.2. The van der Waals surface area contributed by atoms with Crippen molar-refractivity contribution in [1.82, 2.24) is 5.01 Å². The van der Waals surface area contributed by atoms with Gasteiger partial charge in [-0.05, 0) is 48.2 Å². The van der Waals surface area contributed by atoms with Crippen LogP contribution in [0.5, 0.6) is 0 Å². The van der Waals surface area contributed by atoms with E-state index >= 15 is 0 Å². The van der Waals surface area contributed by atoms with Crippen LogP contribution in [0.4, 0.5) is 14.9 Å². The first-order valence-corrected chi connectivity index (χ1v) is 7.78. The normalized spacial score (nSPS) is 10.9. The second-order valence-corrected chi connectivity index (χ2v) is 5.61. The van der Waals surface area contributed by atoms with Gasteiger partial charge < -0.3 is 5.32 Å². The zero-order valence-corrected chi connectivity index (χ0v) is 14.1. The molecule has 0 aromatic heterocycles. The van der Waals surface area contributed by atoms with Gasteiger partial charge in [0.15, 0.2) is 0 Å². The molecule has 0 bridgehead atoms. The highest BCUT2D eigenvalue weighted by Crippen LogP contribution is 2.24. The van der Waals surface area contributed by atoms with E-state index < -0.39 is 6.03 Å². The summed E-state index contributed by atoms with van der Waals surface area (Å²) >= 11 is 0. The van der Waals surface area contributed by atoms with Gasteiger partial charge >= 0.3 is 6.03 Å². The lowest BCUT2D eigenvalue weighted by molar-refractivity contribution is 0.223. The van der Waals surface area contributed by atoms with Crippen molar-refractivity contribution in [2.45, 2.75) is 20.3 Å². The van der Waals surface area contributed by atoms with Crippen LogP contribution in [0.1, 0.15) is 29.2 Å². The molecule has 0 spiro atoms. The highest BCUT2D eigenvalue weighted by Gasteiger charge is 2.10. The molecule has 0 unspecified atom stereocenters. The van der Waals surface area contributed by atoms with Crippen molar-refractivity contribution in [3.05, 3.63) is 64.5 Å². The first-order valence-electron chi connectivity index (χ1n) is 7.78. The van der Waals surface area contributed by atoms with Gasteiger partial charge in [-0.1, -0.05) is 37.3 Å². The summed E-state index contributed by atoms with van der Waals surface area (Å²) in [5, 5.41) is 3.79. The van der Waals surface area contributed by atoms with Crippen LogP contribution < -0.4 is 11.2 Å². The fraction of sp³-hybridized carbons (Fsp3) is 0.211. The molecule has 0 aliphatic carbocycles. The molecule has 24 heavy (non-hydrogen) atoms. The predicted octanol–water partition coefficient (Wildman–Crippen LogP) is 4.20. The molecule has 0 fully saturated rings. The third kappa shape index (κ3) is 4.20. The number of halogens is 1. The van der Waals surface area contributed by atoms with Gasteiger partial charge in [0.25, 0.3) is 0 Å². The highest BCUT2D eigenvalue weighted by atomic mass is 19.1. The van der Waals surface area contributed by atoms with Crippen LogP contribution in [-0.2, 0) is 6.42 Å². The third-order valence-corrected chi connectivity index (χ3v) is 3.80.